The van der Waals surface area contributed by atoms with Gasteiger partial charge in [0.25, 0.3) is 0 Å². The molecular formula is C38H41N3O4. The summed E-state index contributed by atoms with van der Waals surface area (Å²) in [5.41, 5.74) is 5.34. The van der Waals surface area contributed by atoms with E-state index in [0.717, 1.165) is 70.4 Å². The number of epoxide rings is 1. The molecule has 4 aromatic carbocycles. The molecule has 7 heteroatoms. The number of ether oxygens (including phenoxy) is 4. The third-order valence-corrected chi connectivity index (χ3v) is 7.14. The van der Waals surface area contributed by atoms with Gasteiger partial charge in [0, 0.05) is 18.6 Å². The summed E-state index contributed by atoms with van der Waals surface area (Å²) in [5, 5.41) is 0. The van der Waals surface area contributed by atoms with Crippen LogP contribution in [0.25, 0.3) is 0 Å². The Morgan fingerprint density at radius 3 is 1.49 bits per heavy atom. The fourth-order valence-electron chi connectivity index (χ4n) is 4.19. The molecule has 1 heterocycles. The van der Waals surface area contributed by atoms with Crippen LogP contribution in [0.4, 0.5) is 17.1 Å². The molecule has 5 rings (SSSR count). The summed E-state index contributed by atoms with van der Waals surface area (Å²) in [5.74, 6) is 3.03. The Hall–Kier alpha value is -4.75. The fourth-order valence-corrected chi connectivity index (χ4v) is 4.19. The zero-order valence-electron chi connectivity index (χ0n) is 26.3. The van der Waals surface area contributed by atoms with Crippen LogP contribution in [0.3, 0.4) is 0 Å². The first-order valence-electron chi connectivity index (χ1n) is 15.6. The average molecular weight is 604 g/mol. The van der Waals surface area contributed by atoms with Crippen LogP contribution in [0.5, 0.6) is 17.2 Å². The van der Waals surface area contributed by atoms with Crippen LogP contribution < -0.4 is 14.2 Å². The molecule has 45 heavy (non-hydrogen) atoms. The maximum absolute atomic E-state index is 5.89. The minimum Gasteiger partial charge on any atom is -0.494 e. The minimum absolute atomic E-state index is 0.225. The van der Waals surface area contributed by atoms with Crippen LogP contribution in [-0.2, 0) is 4.74 Å². The zero-order valence-corrected chi connectivity index (χ0v) is 26.3. The Balaban J connectivity index is 1.32. The topological polar surface area (TPSA) is 77.3 Å². The molecule has 2 atom stereocenters. The number of hydrogen-bond acceptors (Lipinski definition) is 7. The third-order valence-electron chi connectivity index (χ3n) is 7.14. The zero-order chi connectivity index (χ0) is 31.3. The summed E-state index contributed by atoms with van der Waals surface area (Å²) < 4.78 is 22.5. The SMILES string of the molecule is CCCOc1ccc(N=Cc2cc(C=Nc3ccc(OCC(C)CC)cc3)cc(C=Nc3ccc(OCC4CO4)cc3)c2)cc1. The predicted molar refractivity (Wildman–Crippen MR) is 184 cm³/mol. The molecule has 1 fully saturated rings. The molecule has 0 amide bonds. The lowest BCUT2D eigenvalue weighted by Gasteiger charge is -2.10. The van der Waals surface area contributed by atoms with Crippen molar-refractivity contribution in [3.05, 3.63) is 108 Å². The Morgan fingerprint density at radius 1 is 0.667 bits per heavy atom. The van der Waals surface area contributed by atoms with Crippen LogP contribution >= 0.6 is 0 Å². The number of aliphatic imine (C=N–C) groups is 3. The Morgan fingerprint density at radius 2 is 1.09 bits per heavy atom. The summed E-state index contributed by atoms with van der Waals surface area (Å²) in [6.07, 6.45) is 7.86. The van der Waals surface area contributed by atoms with Crippen LogP contribution in [0.2, 0.25) is 0 Å². The molecule has 0 bridgehead atoms. The van der Waals surface area contributed by atoms with Crippen LogP contribution in [0.1, 0.15) is 50.3 Å². The maximum Gasteiger partial charge on any atom is 0.119 e. The molecule has 1 aliphatic rings. The van der Waals surface area contributed by atoms with Crippen molar-refractivity contribution in [2.45, 2.75) is 39.7 Å². The molecule has 7 nitrogen and oxygen atoms in total. The molecule has 1 aliphatic heterocycles. The van der Waals surface area contributed by atoms with Gasteiger partial charge < -0.3 is 18.9 Å². The van der Waals surface area contributed by atoms with E-state index in [0.29, 0.717) is 25.7 Å². The van der Waals surface area contributed by atoms with E-state index < -0.39 is 0 Å². The van der Waals surface area contributed by atoms with Gasteiger partial charge in [0.15, 0.2) is 0 Å². The van der Waals surface area contributed by atoms with Crippen LogP contribution in [-0.4, -0.2) is 51.2 Å². The van der Waals surface area contributed by atoms with Crippen LogP contribution in [0, 0.1) is 5.92 Å². The van der Waals surface area contributed by atoms with Crippen molar-refractivity contribution in [3.63, 3.8) is 0 Å². The second kappa shape index (κ2) is 16.4. The first kappa shape index (κ1) is 31.7. The van der Waals surface area contributed by atoms with E-state index in [1.54, 1.807) is 0 Å². The summed E-state index contributed by atoms with van der Waals surface area (Å²) in [6.45, 7) is 9.22. The smallest absolute Gasteiger partial charge is 0.119 e. The highest BCUT2D eigenvalue weighted by Gasteiger charge is 2.22. The normalized spacial score (nSPS) is 15.1. The molecule has 232 valence electrons. The predicted octanol–water partition coefficient (Wildman–Crippen LogP) is 8.93. The van der Waals surface area contributed by atoms with Gasteiger partial charge in [-0.25, -0.2) is 0 Å². The van der Waals surface area contributed by atoms with E-state index in [2.05, 4.69) is 39.0 Å². The number of nitrogens with zero attached hydrogens (tertiary/aromatic N) is 3. The van der Waals surface area contributed by atoms with E-state index in [1.807, 2.05) is 91.4 Å². The first-order valence-corrected chi connectivity index (χ1v) is 15.6. The molecule has 0 saturated carbocycles. The molecule has 2 unspecified atom stereocenters. The van der Waals surface area contributed by atoms with Crippen molar-refractivity contribution >= 4 is 35.7 Å². The third kappa shape index (κ3) is 10.7. The fraction of sp³-hybridized carbons (Fsp3) is 0.289. The molecule has 4 aromatic rings. The molecule has 0 aromatic heterocycles. The minimum atomic E-state index is 0.225. The first-order chi connectivity index (χ1) is 22.1. The molecule has 0 N–H and O–H groups in total. The Labute approximate surface area is 266 Å². The van der Waals surface area contributed by atoms with E-state index in [4.69, 9.17) is 33.9 Å². The van der Waals surface area contributed by atoms with Gasteiger partial charge in [0.1, 0.15) is 30.0 Å². The Kier molecular flexibility index (Phi) is 11.5. The molecule has 0 aliphatic carbocycles. The number of rotatable bonds is 16. The molecule has 0 radical (unpaired) electrons. The lowest BCUT2D eigenvalue weighted by atomic mass is 10.1. The van der Waals surface area contributed by atoms with Crippen molar-refractivity contribution < 1.29 is 18.9 Å². The van der Waals surface area contributed by atoms with Gasteiger partial charge in [-0.3, -0.25) is 15.0 Å². The Bertz CT molecular complexity index is 1580. The highest BCUT2D eigenvalue weighted by molar-refractivity contribution is 5.93. The van der Waals surface area contributed by atoms with Crippen molar-refractivity contribution in [2.24, 2.45) is 20.9 Å². The second-order valence-corrected chi connectivity index (χ2v) is 11.1. The van der Waals surface area contributed by atoms with Crippen molar-refractivity contribution in [1.29, 1.82) is 0 Å². The molecule has 1 saturated heterocycles. The van der Waals surface area contributed by atoms with Crippen molar-refractivity contribution in [1.82, 2.24) is 0 Å². The highest BCUT2D eigenvalue weighted by atomic mass is 16.6. The molecule has 0 spiro atoms. The van der Waals surface area contributed by atoms with E-state index >= 15 is 0 Å². The summed E-state index contributed by atoms with van der Waals surface area (Å²) in [6, 6.07) is 29.6. The highest BCUT2D eigenvalue weighted by Crippen LogP contribution is 2.22. The van der Waals surface area contributed by atoms with E-state index in [9.17, 15) is 0 Å². The number of hydrogen-bond donors (Lipinski definition) is 0. The maximum atomic E-state index is 5.89. The summed E-state index contributed by atoms with van der Waals surface area (Å²) in [7, 11) is 0. The van der Waals surface area contributed by atoms with Gasteiger partial charge in [0.2, 0.25) is 0 Å². The lowest BCUT2D eigenvalue weighted by molar-refractivity contribution is 0.256. The van der Waals surface area contributed by atoms with E-state index in [-0.39, 0.29) is 6.10 Å². The lowest BCUT2D eigenvalue weighted by Crippen LogP contribution is -2.06. The second-order valence-electron chi connectivity index (χ2n) is 11.1. The summed E-state index contributed by atoms with van der Waals surface area (Å²) in [4.78, 5) is 14.1. The van der Waals surface area contributed by atoms with Gasteiger partial charge in [-0.2, -0.15) is 0 Å². The van der Waals surface area contributed by atoms with Gasteiger partial charge in [-0.15, -0.1) is 0 Å². The monoisotopic (exact) mass is 603 g/mol. The quantitative estimate of drug-likeness (QED) is 0.0946. The van der Waals surface area contributed by atoms with Crippen molar-refractivity contribution in [2.75, 3.05) is 26.4 Å². The van der Waals surface area contributed by atoms with E-state index in [1.165, 1.54) is 0 Å². The van der Waals surface area contributed by atoms with Crippen LogP contribution in [0.15, 0.2) is 106 Å². The average Bonchev–Trinajstić information content (AvgIpc) is 3.92. The van der Waals surface area contributed by atoms with Gasteiger partial charge in [-0.1, -0.05) is 27.2 Å². The van der Waals surface area contributed by atoms with Gasteiger partial charge in [-0.05, 0) is 120 Å². The van der Waals surface area contributed by atoms with Gasteiger partial charge in [0.05, 0.1) is 36.9 Å². The summed E-state index contributed by atoms with van der Waals surface area (Å²) >= 11 is 0. The van der Waals surface area contributed by atoms with Crippen molar-refractivity contribution in [3.8, 4) is 17.2 Å². The van der Waals surface area contributed by atoms with Gasteiger partial charge >= 0.3 is 0 Å². The largest absolute Gasteiger partial charge is 0.494 e. The molecular weight excluding hydrogens is 562 g/mol. The standard InChI is InChI=1S/C38H41N3O4/c1-4-18-42-35-12-6-32(7-13-35)39-22-29-19-30(23-40-33-8-14-36(15-9-33)43-25-28(3)5-2)21-31(20-29)24-41-34-10-16-37(17-11-34)44-26-38-27-45-38/h6-17,19-24,28,38H,4-5,18,25-27H2,1-3H3. The number of benzene rings is 4.